The van der Waals surface area contributed by atoms with E-state index in [1.807, 2.05) is 33.9 Å². The molecule has 5 aromatic carbocycles. The highest BCUT2D eigenvalue weighted by atomic mass is 35.5. The van der Waals surface area contributed by atoms with Gasteiger partial charge in [0.1, 0.15) is 35.2 Å². The second kappa shape index (κ2) is 29.7. The largest absolute Gasteiger partial charge is 0.495 e. The minimum absolute atomic E-state index is 0.0356. The monoisotopic (exact) mass is 1300 g/mol. The van der Waals surface area contributed by atoms with Crippen molar-refractivity contribution in [3.63, 3.8) is 0 Å². The van der Waals surface area contributed by atoms with Gasteiger partial charge in [0.15, 0.2) is 0 Å². The van der Waals surface area contributed by atoms with Crippen LogP contribution in [0.3, 0.4) is 0 Å². The Balaban J connectivity index is 0.682. The maximum Gasteiger partial charge on any atom is 0.318 e. The van der Waals surface area contributed by atoms with Gasteiger partial charge >= 0.3 is 6.01 Å². The van der Waals surface area contributed by atoms with Gasteiger partial charge in [0.2, 0.25) is 11.8 Å². The van der Waals surface area contributed by atoms with Crippen molar-refractivity contribution in [2.45, 2.75) is 94.6 Å². The topological polar surface area (TPSA) is 220 Å². The lowest BCUT2D eigenvalue weighted by Gasteiger charge is -2.42. The first kappa shape index (κ1) is 66.9. The lowest BCUT2D eigenvalue weighted by molar-refractivity contribution is -0.128. The highest BCUT2D eigenvalue weighted by Gasteiger charge is 2.61. The summed E-state index contributed by atoms with van der Waals surface area (Å²) < 4.78 is 62.3. The number of nitrogens with zero attached hydrogens (tertiary/aromatic N) is 8. The number of fused-ring (bicyclic) bond motifs is 2. The highest BCUT2D eigenvalue weighted by molar-refractivity contribution is 6.31. The number of carbonyl (C=O) groups excluding carboxylic acids is 3. The third kappa shape index (κ3) is 14.9. The van der Waals surface area contributed by atoms with E-state index in [2.05, 4.69) is 85.8 Å². The number of carbonyl (C=O) groups is 3. The van der Waals surface area contributed by atoms with Crippen molar-refractivity contribution in [2.75, 3.05) is 108 Å². The number of amides is 3. The minimum atomic E-state index is -1.83. The molecule has 3 N–H and O–H groups in total. The maximum atomic E-state index is 16.2. The Morgan fingerprint density at radius 3 is 2.42 bits per heavy atom. The minimum Gasteiger partial charge on any atom is -0.495 e. The number of methoxy groups -OCH3 is 1. The Morgan fingerprint density at radius 1 is 0.891 bits per heavy atom. The lowest BCUT2D eigenvalue weighted by atomic mass is 9.62. The number of nitriles is 2. The normalized spacial score (nSPS) is 21.5. The Kier molecular flexibility index (Phi) is 21.6. The fourth-order valence-corrected chi connectivity index (χ4v) is 13.6. The number of anilines is 3. The van der Waals surface area contributed by atoms with Crippen molar-refractivity contribution in [1.82, 2.24) is 30.4 Å². The zero-order valence-corrected chi connectivity index (χ0v) is 53.9. The molecule has 5 heterocycles. The number of aromatic nitrogens is 2. The van der Waals surface area contributed by atoms with Gasteiger partial charge in [0, 0.05) is 90.1 Å². The molecule has 4 aliphatic heterocycles. The van der Waals surface area contributed by atoms with Crippen LogP contribution in [0.2, 0.25) is 10.0 Å². The number of ether oxygens (including phenoxy) is 5. The molecule has 0 bridgehead atoms. The van der Waals surface area contributed by atoms with Crippen molar-refractivity contribution in [3.05, 3.63) is 159 Å². The van der Waals surface area contributed by atoms with E-state index < -0.39 is 52.3 Å². The Labute approximate surface area is 545 Å². The molecule has 19 nitrogen and oxygen atoms in total. The first-order chi connectivity index (χ1) is 44.3. The van der Waals surface area contributed by atoms with Crippen LogP contribution in [0.4, 0.5) is 26.0 Å². The van der Waals surface area contributed by atoms with Crippen LogP contribution in [0.25, 0.3) is 10.8 Å². The summed E-state index contributed by atoms with van der Waals surface area (Å²) in [5.74, 6) is -3.26. The summed E-state index contributed by atoms with van der Waals surface area (Å²) in [4.78, 5) is 59.4. The Morgan fingerprint density at radius 2 is 1.66 bits per heavy atom. The van der Waals surface area contributed by atoms with E-state index in [9.17, 15) is 24.9 Å². The molecule has 23 heteroatoms. The van der Waals surface area contributed by atoms with Crippen molar-refractivity contribution < 1.29 is 46.8 Å². The van der Waals surface area contributed by atoms with Gasteiger partial charge in [-0.25, -0.2) is 8.78 Å². The quantitative estimate of drug-likeness (QED) is 0.0379. The third-order valence-corrected chi connectivity index (χ3v) is 18.2. The second-order valence-electron chi connectivity index (χ2n) is 24.8. The predicted molar refractivity (Wildman–Crippen MR) is 348 cm³/mol. The molecule has 0 radical (unpaired) electrons. The van der Waals surface area contributed by atoms with Gasteiger partial charge in [-0.1, -0.05) is 105 Å². The van der Waals surface area contributed by atoms with E-state index in [1.165, 1.54) is 72.5 Å². The maximum absolute atomic E-state index is 16.2. The summed E-state index contributed by atoms with van der Waals surface area (Å²) in [6.07, 6.45) is 3.17. The predicted octanol–water partition coefficient (Wildman–Crippen LogP) is 9.79. The van der Waals surface area contributed by atoms with Crippen LogP contribution in [-0.4, -0.2) is 161 Å². The van der Waals surface area contributed by atoms with E-state index >= 15 is 8.78 Å². The van der Waals surface area contributed by atoms with Crippen molar-refractivity contribution in [2.24, 2.45) is 5.41 Å². The van der Waals surface area contributed by atoms with Gasteiger partial charge in [-0.3, -0.25) is 19.3 Å². The molecular formula is C69H77Cl2F2N11O8. The van der Waals surface area contributed by atoms with Gasteiger partial charge in [0.05, 0.1) is 99.8 Å². The zero-order valence-electron chi connectivity index (χ0n) is 52.4. The third-order valence-electron chi connectivity index (χ3n) is 17.7. The van der Waals surface area contributed by atoms with Crippen LogP contribution in [-0.2, 0) is 42.2 Å². The molecule has 0 saturated carbocycles. The number of benzene rings is 5. The fourth-order valence-electron chi connectivity index (χ4n) is 13.3. The van der Waals surface area contributed by atoms with Gasteiger partial charge in [0.25, 0.3) is 5.91 Å². The SMILES string of the molecule is C=CC(=O)N1CCN(c2nc(OC[C@@H]3C[C@@H](OCCOCCOCCNC(=O)c4ccc(NC(=O)C5NC(CC(C)(C)C)C(C#N)(c6ccc(Cl)cc6F)C5c5cccc(Cl)c5F)c(OC)c4)CN3C)nc3c2CCN(c2cccc4ccccc24)C3)C[C@@H]1CC#N. The molecule has 0 spiro atoms. The first-order valence-corrected chi connectivity index (χ1v) is 31.7. The van der Waals surface area contributed by atoms with Crippen LogP contribution in [0.1, 0.15) is 78.7 Å². The second-order valence-corrected chi connectivity index (χ2v) is 25.7. The molecule has 4 aliphatic rings. The van der Waals surface area contributed by atoms with Crippen LogP contribution in [0.5, 0.6) is 11.8 Å². The summed E-state index contributed by atoms with van der Waals surface area (Å²) in [7, 11) is 3.43. The average Bonchev–Trinajstić information content (AvgIpc) is 1.53. The molecular weight excluding hydrogens is 1220 g/mol. The number of nitrogens with one attached hydrogen (secondary N) is 3. The lowest BCUT2D eigenvalue weighted by Crippen LogP contribution is -2.55. The van der Waals surface area contributed by atoms with Crippen molar-refractivity contribution >= 4 is 68.9 Å². The van der Waals surface area contributed by atoms with Crippen molar-refractivity contribution in [1.29, 1.82) is 10.5 Å². The standard InChI is InChI=1S/C69H77Cl2F2N11O8/c1-7-60(85)84-28-27-83(38-46(84)22-24-74)64-50-23-26-82(57-17-10-13-43-12-8-9-14-49(43)57)40-56(50)78-67(80-64)92-41-47-36-48(39-81(47)5)91-33-32-90-31-30-89-29-25-76-65(86)44-18-21-55(58(34-44)88-6)77-66(87)63-61(51-15-11-16-53(71)62(51)73)69(42-75,59(79-63)37-68(2,3)4)52-20-19-45(70)35-54(52)72/h7-21,34-35,46-48,59,61,63,79H,1,22-23,25-33,36-41H2,2-6H3,(H,76,86)(H,77,87)/t46-,47-,48+,59?,61?,63?,69?/m0/s1. The molecule has 3 fully saturated rings. The first-order valence-electron chi connectivity index (χ1n) is 31.0. The van der Waals surface area contributed by atoms with Crippen LogP contribution < -0.4 is 35.2 Å². The molecule has 3 amide bonds. The van der Waals surface area contributed by atoms with E-state index in [4.69, 9.17) is 56.9 Å². The number of piperazine rings is 1. The van der Waals surface area contributed by atoms with Crippen molar-refractivity contribution in [3.8, 4) is 23.9 Å². The number of hydrogen-bond donors (Lipinski definition) is 3. The number of likely N-dealkylation sites (tertiary alicyclic amines) is 1. The van der Waals surface area contributed by atoms with Gasteiger partial charge in [-0.15, -0.1) is 0 Å². The molecule has 1 aromatic heterocycles. The molecule has 6 aromatic rings. The number of rotatable bonds is 24. The number of halogens is 4. The Bertz CT molecular complexity index is 3770. The van der Waals surface area contributed by atoms with E-state index in [0.717, 1.165) is 41.8 Å². The Hall–Kier alpha value is -7.99. The fraction of sp³-hybridized carbons (Fsp3) is 0.435. The molecule has 4 unspecified atom stereocenters. The van der Waals surface area contributed by atoms with Gasteiger partial charge < -0.3 is 54.3 Å². The van der Waals surface area contributed by atoms with E-state index in [1.54, 1.807) is 4.90 Å². The molecule has 484 valence electrons. The molecule has 3 saturated heterocycles. The van der Waals surface area contributed by atoms with Gasteiger partial charge in [-0.2, -0.15) is 20.5 Å². The zero-order chi connectivity index (χ0) is 65.3. The molecule has 0 aliphatic carbocycles. The van der Waals surface area contributed by atoms with E-state index in [-0.39, 0.29) is 101 Å². The smallest absolute Gasteiger partial charge is 0.318 e. The summed E-state index contributed by atoms with van der Waals surface area (Å²) in [5, 5.41) is 32.2. The van der Waals surface area contributed by atoms with Crippen LogP contribution >= 0.6 is 23.2 Å². The number of likely N-dealkylation sites (N-methyl/N-ethyl adjacent to an activating group) is 1. The average molecular weight is 1300 g/mol. The number of hydrogen-bond acceptors (Lipinski definition) is 16. The summed E-state index contributed by atoms with van der Waals surface area (Å²) in [5.41, 5.74) is 1.13. The molecule has 7 atom stereocenters. The van der Waals surface area contributed by atoms with Crippen LogP contribution in [0.15, 0.2) is 110 Å². The van der Waals surface area contributed by atoms with Gasteiger partial charge in [-0.05, 0) is 91.2 Å². The summed E-state index contributed by atoms with van der Waals surface area (Å²) in [6.45, 7) is 15.0. The molecule has 92 heavy (non-hydrogen) atoms. The summed E-state index contributed by atoms with van der Waals surface area (Å²) in [6, 6.07) is 30.0. The molecule has 10 rings (SSSR count). The van der Waals surface area contributed by atoms with E-state index in [0.29, 0.717) is 65.6 Å². The summed E-state index contributed by atoms with van der Waals surface area (Å²) >= 11 is 12.5. The highest BCUT2D eigenvalue weighted by Crippen LogP contribution is 2.53. The van der Waals surface area contributed by atoms with Crippen LogP contribution in [0, 0.1) is 39.7 Å².